The normalized spacial score (nSPS) is 17.1. The van der Waals surface area contributed by atoms with Crippen molar-refractivity contribution in [3.05, 3.63) is 72.3 Å². The number of rotatable bonds is 6. The molecule has 1 aliphatic rings. The largest absolute Gasteiger partial charge is 0.339 e. The van der Waals surface area contributed by atoms with Gasteiger partial charge in [-0.05, 0) is 48.7 Å². The van der Waals surface area contributed by atoms with Gasteiger partial charge in [0.05, 0.1) is 17.6 Å². The van der Waals surface area contributed by atoms with Crippen LogP contribution in [0, 0.1) is 5.92 Å². The number of hydrogen-bond acceptors (Lipinski definition) is 4. The van der Waals surface area contributed by atoms with Crippen LogP contribution >= 0.6 is 0 Å². The average molecular weight is 418 g/mol. The van der Waals surface area contributed by atoms with E-state index in [-0.39, 0.29) is 30.2 Å². The summed E-state index contributed by atoms with van der Waals surface area (Å²) in [6, 6.07) is 15.8. The quantitative estimate of drug-likeness (QED) is 0.616. The number of anilines is 1. The lowest BCUT2D eigenvalue weighted by molar-refractivity contribution is -0.136. The monoisotopic (exact) mass is 417 g/mol. The summed E-state index contributed by atoms with van der Waals surface area (Å²) in [5.41, 5.74) is 4.02. The van der Waals surface area contributed by atoms with E-state index in [4.69, 9.17) is 0 Å². The maximum Gasteiger partial charge on any atom is 0.228 e. The summed E-state index contributed by atoms with van der Waals surface area (Å²) in [6.45, 7) is 4.52. The minimum atomic E-state index is -0.333. The second kappa shape index (κ2) is 8.71. The van der Waals surface area contributed by atoms with Gasteiger partial charge in [0, 0.05) is 25.7 Å². The zero-order valence-electron chi connectivity index (χ0n) is 18.1. The molecule has 4 rings (SSSR count). The molecule has 0 radical (unpaired) electrons. The van der Waals surface area contributed by atoms with Crippen molar-refractivity contribution < 1.29 is 9.59 Å². The van der Waals surface area contributed by atoms with Crippen LogP contribution in [0.25, 0.3) is 5.69 Å². The first-order valence-corrected chi connectivity index (χ1v) is 10.6. The lowest BCUT2D eigenvalue weighted by atomic mass is 10.0. The lowest BCUT2D eigenvalue weighted by Gasteiger charge is -2.28. The second-order valence-corrected chi connectivity index (χ2v) is 7.98. The molecule has 7 nitrogen and oxygen atoms in total. The highest BCUT2D eigenvalue weighted by atomic mass is 16.2. The van der Waals surface area contributed by atoms with Crippen molar-refractivity contribution in [1.29, 1.82) is 0 Å². The van der Waals surface area contributed by atoms with Gasteiger partial charge in [0.15, 0.2) is 0 Å². The SMILES string of the molecule is CCc1ccc(N2CC(C(=O)N(C)C(C)c3ccc(-n4cncn4)cc3)CC2=O)cc1. The molecule has 160 valence electrons. The second-order valence-electron chi connectivity index (χ2n) is 7.98. The molecule has 7 heteroatoms. The number of carbonyl (C=O) groups is 2. The average Bonchev–Trinajstić information content (AvgIpc) is 3.48. The number of nitrogens with zero attached hydrogens (tertiary/aromatic N) is 5. The van der Waals surface area contributed by atoms with Gasteiger partial charge in [0.1, 0.15) is 12.7 Å². The smallest absolute Gasteiger partial charge is 0.228 e. The van der Waals surface area contributed by atoms with E-state index in [1.54, 1.807) is 20.8 Å². The van der Waals surface area contributed by atoms with Crippen LogP contribution in [0.2, 0.25) is 0 Å². The van der Waals surface area contributed by atoms with E-state index in [0.717, 1.165) is 23.4 Å². The third-order valence-corrected chi connectivity index (χ3v) is 6.12. The van der Waals surface area contributed by atoms with Gasteiger partial charge >= 0.3 is 0 Å². The molecule has 2 unspecified atom stereocenters. The Kier molecular flexibility index (Phi) is 5.84. The third kappa shape index (κ3) is 4.21. The van der Waals surface area contributed by atoms with E-state index in [0.29, 0.717) is 6.54 Å². The number of carbonyl (C=O) groups excluding carboxylic acids is 2. The van der Waals surface area contributed by atoms with Gasteiger partial charge in [-0.1, -0.05) is 31.2 Å². The maximum atomic E-state index is 13.2. The van der Waals surface area contributed by atoms with E-state index < -0.39 is 0 Å². The Morgan fingerprint density at radius 3 is 2.42 bits per heavy atom. The van der Waals surface area contributed by atoms with E-state index in [2.05, 4.69) is 17.0 Å². The molecule has 1 saturated heterocycles. The molecule has 0 saturated carbocycles. The Morgan fingerprint density at radius 1 is 1.13 bits per heavy atom. The van der Waals surface area contributed by atoms with Crippen LogP contribution in [-0.2, 0) is 16.0 Å². The van der Waals surface area contributed by atoms with Crippen molar-refractivity contribution in [3.63, 3.8) is 0 Å². The van der Waals surface area contributed by atoms with E-state index >= 15 is 0 Å². The van der Waals surface area contributed by atoms with E-state index in [1.807, 2.05) is 62.5 Å². The van der Waals surface area contributed by atoms with Crippen LogP contribution in [0.15, 0.2) is 61.2 Å². The Morgan fingerprint density at radius 2 is 1.81 bits per heavy atom. The predicted molar refractivity (Wildman–Crippen MR) is 119 cm³/mol. The van der Waals surface area contributed by atoms with Crippen LogP contribution in [-0.4, -0.2) is 45.1 Å². The van der Waals surface area contributed by atoms with Gasteiger partial charge in [-0.3, -0.25) is 9.59 Å². The number of hydrogen-bond donors (Lipinski definition) is 0. The van der Waals surface area contributed by atoms with Crippen molar-refractivity contribution >= 4 is 17.5 Å². The summed E-state index contributed by atoms with van der Waals surface area (Å²) in [6.07, 6.45) is 4.34. The van der Waals surface area contributed by atoms with Crippen LogP contribution < -0.4 is 4.90 Å². The zero-order chi connectivity index (χ0) is 22.0. The zero-order valence-corrected chi connectivity index (χ0v) is 18.1. The molecule has 1 fully saturated rings. The van der Waals surface area contributed by atoms with Gasteiger partial charge in [0.2, 0.25) is 11.8 Å². The summed E-state index contributed by atoms with van der Waals surface area (Å²) >= 11 is 0. The topological polar surface area (TPSA) is 71.3 Å². The molecule has 1 aromatic heterocycles. The molecule has 3 aromatic rings. The predicted octanol–water partition coefficient (Wildman–Crippen LogP) is 3.40. The van der Waals surface area contributed by atoms with Gasteiger partial charge in [-0.25, -0.2) is 9.67 Å². The third-order valence-electron chi connectivity index (χ3n) is 6.12. The molecule has 0 N–H and O–H groups in total. The minimum Gasteiger partial charge on any atom is -0.339 e. The van der Waals surface area contributed by atoms with Gasteiger partial charge in [0.25, 0.3) is 0 Å². The van der Waals surface area contributed by atoms with Crippen LogP contribution in [0.4, 0.5) is 5.69 Å². The molecular formula is C24H27N5O2. The lowest BCUT2D eigenvalue weighted by Crippen LogP contribution is -2.36. The fourth-order valence-electron chi connectivity index (χ4n) is 3.98. The first kappa shape index (κ1) is 20.8. The standard InChI is InChI=1S/C24H27N5O2/c1-4-18-5-9-21(10-6-18)28-14-20(13-23(28)30)24(31)27(3)17(2)19-7-11-22(12-8-19)29-16-25-15-26-29/h5-12,15-17,20H,4,13-14H2,1-3H3. The Hall–Kier alpha value is -3.48. The van der Waals surface area contributed by atoms with Crippen molar-refractivity contribution in [2.75, 3.05) is 18.5 Å². The Bertz CT molecular complexity index is 1040. The number of amides is 2. The summed E-state index contributed by atoms with van der Waals surface area (Å²) in [7, 11) is 1.81. The van der Waals surface area contributed by atoms with Gasteiger partial charge in [-0.15, -0.1) is 0 Å². The highest BCUT2D eigenvalue weighted by Crippen LogP contribution is 2.29. The van der Waals surface area contributed by atoms with Gasteiger partial charge in [-0.2, -0.15) is 5.10 Å². The van der Waals surface area contributed by atoms with Crippen LogP contribution in [0.5, 0.6) is 0 Å². The number of aryl methyl sites for hydroxylation is 1. The highest BCUT2D eigenvalue weighted by molar-refractivity contribution is 6.00. The summed E-state index contributed by atoms with van der Waals surface area (Å²) in [5.74, 6) is -0.338. The van der Waals surface area contributed by atoms with Crippen LogP contribution in [0.3, 0.4) is 0 Å². The molecule has 31 heavy (non-hydrogen) atoms. The first-order chi connectivity index (χ1) is 15.0. The van der Waals surface area contributed by atoms with Crippen molar-refractivity contribution in [2.45, 2.75) is 32.7 Å². The summed E-state index contributed by atoms with van der Waals surface area (Å²) in [5, 5.41) is 4.13. The van der Waals surface area contributed by atoms with E-state index in [1.165, 1.54) is 11.9 Å². The summed E-state index contributed by atoms with van der Waals surface area (Å²) in [4.78, 5) is 33.2. The van der Waals surface area contributed by atoms with Gasteiger partial charge < -0.3 is 9.80 Å². The van der Waals surface area contributed by atoms with E-state index in [9.17, 15) is 9.59 Å². The maximum absolute atomic E-state index is 13.2. The molecule has 1 aliphatic heterocycles. The number of aromatic nitrogens is 3. The Labute approximate surface area is 182 Å². The van der Waals surface area contributed by atoms with Crippen LogP contribution in [0.1, 0.15) is 37.4 Å². The fourth-order valence-corrected chi connectivity index (χ4v) is 3.98. The fraction of sp³-hybridized carbons (Fsp3) is 0.333. The molecule has 2 heterocycles. The molecular weight excluding hydrogens is 390 g/mol. The minimum absolute atomic E-state index is 0.000775. The van der Waals surface area contributed by atoms with Crippen molar-refractivity contribution in [3.8, 4) is 5.69 Å². The molecule has 0 spiro atoms. The molecule has 2 atom stereocenters. The molecule has 0 aliphatic carbocycles. The first-order valence-electron chi connectivity index (χ1n) is 10.6. The number of benzene rings is 2. The molecule has 2 aromatic carbocycles. The van der Waals surface area contributed by atoms with Crippen molar-refractivity contribution in [1.82, 2.24) is 19.7 Å². The Balaban J connectivity index is 1.43. The molecule has 0 bridgehead atoms. The summed E-state index contributed by atoms with van der Waals surface area (Å²) < 4.78 is 1.69. The molecule has 2 amide bonds. The van der Waals surface area contributed by atoms with Crippen molar-refractivity contribution in [2.24, 2.45) is 5.92 Å². The highest BCUT2D eigenvalue weighted by Gasteiger charge is 2.37.